The van der Waals surface area contributed by atoms with E-state index < -0.39 is 44.2 Å². The van der Waals surface area contributed by atoms with Crippen molar-refractivity contribution >= 4 is 27.5 Å². The Morgan fingerprint density at radius 2 is 1.82 bits per heavy atom. The molecule has 2 aromatic carbocycles. The van der Waals surface area contributed by atoms with Gasteiger partial charge in [0, 0.05) is 6.42 Å². The van der Waals surface area contributed by atoms with Gasteiger partial charge in [0.05, 0.1) is 23.5 Å². The van der Waals surface area contributed by atoms with Crippen molar-refractivity contribution in [2.75, 3.05) is 10.8 Å². The summed E-state index contributed by atoms with van der Waals surface area (Å²) < 4.78 is 66.4. The lowest BCUT2D eigenvalue weighted by atomic mass is 10.1. The van der Waals surface area contributed by atoms with Crippen LogP contribution in [0.4, 0.5) is 14.5 Å². The lowest BCUT2D eigenvalue weighted by Gasteiger charge is -2.35. The first-order chi connectivity index (χ1) is 15.8. The molecule has 0 saturated heterocycles. The number of sulfonamides is 1. The van der Waals surface area contributed by atoms with Crippen molar-refractivity contribution in [1.82, 2.24) is 0 Å². The second-order valence-electron chi connectivity index (χ2n) is 9.16. The van der Waals surface area contributed by atoms with Gasteiger partial charge < -0.3 is 14.3 Å². The van der Waals surface area contributed by atoms with E-state index in [-0.39, 0.29) is 43.0 Å². The van der Waals surface area contributed by atoms with Gasteiger partial charge in [0.2, 0.25) is 0 Å². The lowest BCUT2D eigenvalue weighted by Crippen LogP contribution is -2.43. The van der Waals surface area contributed by atoms with Crippen molar-refractivity contribution < 1.29 is 36.3 Å². The number of hydrogen-bond acceptors (Lipinski definition) is 6. The molecule has 7 nitrogen and oxygen atoms in total. The fourth-order valence-electron chi connectivity index (χ4n) is 3.52. The number of nitrogens with zero attached hydrogens (tertiary/aromatic N) is 1. The highest BCUT2D eigenvalue weighted by atomic mass is 32.2. The molecule has 1 aliphatic heterocycles. The SMILES string of the molecule is CC(=O)CC[C@H]1CN(S(=O)(=O)c2ccc(F)c(F)c2)c2cc(CC(=O)OC(C)(C)C)ccc2O1. The Morgan fingerprint density at radius 1 is 1.12 bits per heavy atom. The van der Waals surface area contributed by atoms with Crippen LogP contribution in [0, 0.1) is 11.6 Å². The topological polar surface area (TPSA) is 90.0 Å². The first-order valence-electron chi connectivity index (χ1n) is 10.7. The first-order valence-corrected chi connectivity index (χ1v) is 12.2. The van der Waals surface area contributed by atoms with Crippen molar-refractivity contribution in [2.24, 2.45) is 0 Å². The van der Waals surface area contributed by atoms with E-state index >= 15 is 0 Å². The number of benzene rings is 2. The lowest BCUT2D eigenvalue weighted by molar-refractivity contribution is -0.153. The van der Waals surface area contributed by atoms with Crippen LogP contribution >= 0.6 is 0 Å². The Labute approximate surface area is 197 Å². The molecule has 0 saturated carbocycles. The molecular weight excluding hydrogens is 468 g/mol. The number of carbonyl (C=O) groups excluding carboxylic acids is 2. The molecule has 0 unspecified atom stereocenters. The number of halogens is 2. The van der Waals surface area contributed by atoms with Crippen LogP contribution in [0.25, 0.3) is 0 Å². The van der Waals surface area contributed by atoms with Crippen molar-refractivity contribution in [3.8, 4) is 5.75 Å². The van der Waals surface area contributed by atoms with Crippen molar-refractivity contribution in [2.45, 2.75) is 63.6 Å². The molecule has 1 atom stereocenters. The molecule has 184 valence electrons. The monoisotopic (exact) mass is 495 g/mol. The van der Waals surface area contributed by atoms with Gasteiger partial charge in [-0.05, 0) is 70.0 Å². The van der Waals surface area contributed by atoms with Gasteiger partial charge in [-0.25, -0.2) is 17.2 Å². The van der Waals surface area contributed by atoms with Crippen LogP contribution in [-0.2, 0) is 30.8 Å². The van der Waals surface area contributed by atoms with E-state index in [0.29, 0.717) is 11.6 Å². The van der Waals surface area contributed by atoms with Gasteiger partial charge in [0.25, 0.3) is 10.0 Å². The van der Waals surface area contributed by atoms with Crippen LogP contribution in [0.1, 0.15) is 46.1 Å². The molecule has 0 amide bonds. The van der Waals surface area contributed by atoms with E-state index in [0.717, 1.165) is 16.4 Å². The molecule has 0 aromatic heterocycles. The summed E-state index contributed by atoms with van der Waals surface area (Å²) in [6.07, 6.45) is -0.265. The number of anilines is 1. The molecule has 34 heavy (non-hydrogen) atoms. The summed E-state index contributed by atoms with van der Waals surface area (Å²) in [5, 5.41) is 0. The first kappa shape index (κ1) is 25.6. The zero-order chi connectivity index (χ0) is 25.3. The van der Waals surface area contributed by atoms with Crippen LogP contribution in [0.3, 0.4) is 0 Å². The number of ketones is 1. The third kappa shape index (κ3) is 6.11. The number of hydrogen-bond donors (Lipinski definition) is 0. The van der Waals surface area contributed by atoms with Gasteiger partial charge >= 0.3 is 5.97 Å². The molecule has 2 aromatic rings. The van der Waals surface area contributed by atoms with Crippen LogP contribution in [0.2, 0.25) is 0 Å². The third-order valence-electron chi connectivity index (χ3n) is 5.02. The van der Waals surface area contributed by atoms with Crippen LogP contribution in [0.15, 0.2) is 41.3 Å². The highest BCUT2D eigenvalue weighted by molar-refractivity contribution is 7.92. The van der Waals surface area contributed by atoms with E-state index in [9.17, 15) is 26.8 Å². The highest BCUT2D eigenvalue weighted by Crippen LogP contribution is 2.39. The standard InChI is InChI=1S/C24H27F2NO6S/c1-15(28)5-7-17-14-27(34(30,31)18-8-9-19(25)20(26)13-18)21-11-16(6-10-22(21)32-17)12-23(29)33-24(2,3)4/h6,8-11,13,17H,5,7,12,14H2,1-4H3/t17-/m0/s1. The summed E-state index contributed by atoms with van der Waals surface area (Å²) >= 11 is 0. The highest BCUT2D eigenvalue weighted by Gasteiger charge is 2.35. The maximum absolute atomic E-state index is 13.8. The van der Waals surface area contributed by atoms with Crippen molar-refractivity contribution in [1.29, 1.82) is 0 Å². The quantitative estimate of drug-likeness (QED) is 0.536. The summed E-state index contributed by atoms with van der Waals surface area (Å²) in [6, 6.07) is 7.02. The minimum absolute atomic E-state index is 0.0721. The summed E-state index contributed by atoms with van der Waals surface area (Å²) in [4.78, 5) is 23.3. The number of Topliss-reactive ketones (excluding diaryl/α,β-unsaturated/α-hetero) is 1. The van der Waals surface area contributed by atoms with E-state index in [1.165, 1.54) is 13.0 Å². The Kier molecular flexibility index (Phi) is 7.30. The largest absolute Gasteiger partial charge is 0.486 e. The number of fused-ring (bicyclic) bond motifs is 1. The molecular formula is C24H27F2NO6S. The average molecular weight is 496 g/mol. The average Bonchev–Trinajstić information content (AvgIpc) is 2.72. The molecule has 3 rings (SSSR count). The minimum atomic E-state index is -4.31. The molecule has 0 bridgehead atoms. The number of carbonyl (C=O) groups is 2. The fourth-order valence-corrected chi connectivity index (χ4v) is 5.03. The maximum Gasteiger partial charge on any atom is 0.310 e. The van der Waals surface area contributed by atoms with Crippen LogP contribution in [-0.4, -0.2) is 38.4 Å². The van der Waals surface area contributed by atoms with E-state index in [1.54, 1.807) is 32.9 Å². The fraction of sp³-hybridized carbons (Fsp3) is 0.417. The zero-order valence-electron chi connectivity index (χ0n) is 19.4. The Morgan fingerprint density at radius 3 is 2.44 bits per heavy atom. The molecule has 1 aliphatic rings. The Balaban J connectivity index is 2.00. The summed E-state index contributed by atoms with van der Waals surface area (Å²) in [7, 11) is -4.31. The van der Waals surface area contributed by atoms with E-state index in [1.807, 2.05) is 0 Å². The molecule has 1 heterocycles. The smallest absolute Gasteiger partial charge is 0.310 e. The van der Waals surface area contributed by atoms with E-state index in [4.69, 9.17) is 9.47 Å². The van der Waals surface area contributed by atoms with Crippen LogP contribution in [0.5, 0.6) is 5.75 Å². The predicted molar refractivity (Wildman–Crippen MR) is 121 cm³/mol. The van der Waals surface area contributed by atoms with Gasteiger partial charge in [-0.15, -0.1) is 0 Å². The number of ether oxygens (including phenoxy) is 2. The zero-order valence-corrected chi connectivity index (χ0v) is 20.2. The Hall–Kier alpha value is -3.01. The van der Waals surface area contributed by atoms with Gasteiger partial charge in [0.1, 0.15) is 23.2 Å². The van der Waals surface area contributed by atoms with Gasteiger partial charge in [0.15, 0.2) is 11.6 Å². The van der Waals surface area contributed by atoms with Crippen LogP contribution < -0.4 is 9.04 Å². The minimum Gasteiger partial charge on any atom is -0.486 e. The van der Waals surface area contributed by atoms with Crippen molar-refractivity contribution in [3.63, 3.8) is 0 Å². The van der Waals surface area contributed by atoms with Gasteiger partial charge in [-0.1, -0.05) is 6.07 Å². The van der Waals surface area contributed by atoms with Crippen molar-refractivity contribution in [3.05, 3.63) is 53.6 Å². The number of esters is 1. The molecule has 0 N–H and O–H groups in total. The van der Waals surface area contributed by atoms with E-state index in [2.05, 4.69) is 0 Å². The Bertz CT molecular complexity index is 1210. The predicted octanol–water partition coefficient (Wildman–Crippen LogP) is 4.17. The second-order valence-corrected chi connectivity index (χ2v) is 11.0. The molecule has 0 fully saturated rings. The summed E-state index contributed by atoms with van der Waals surface area (Å²) in [6.45, 7) is 6.50. The molecule has 0 radical (unpaired) electrons. The van der Waals surface area contributed by atoms with Gasteiger partial charge in [-0.3, -0.25) is 9.10 Å². The number of rotatable bonds is 7. The van der Waals surface area contributed by atoms with Gasteiger partial charge in [-0.2, -0.15) is 0 Å². The summed E-state index contributed by atoms with van der Waals surface area (Å²) in [5.74, 6) is -2.78. The second kappa shape index (κ2) is 9.69. The maximum atomic E-state index is 13.8. The molecule has 0 spiro atoms. The third-order valence-corrected chi connectivity index (χ3v) is 6.80. The summed E-state index contributed by atoms with van der Waals surface area (Å²) in [5.41, 5.74) is -0.0328. The molecule has 10 heteroatoms. The molecule has 0 aliphatic carbocycles. The normalized spacial score (nSPS) is 15.9.